The fourth-order valence-corrected chi connectivity index (χ4v) is 6.02. The molecule has 0 atom stereocenters. The van der Waals surface area contributed by atoms with Crippen molar-refractivity contribution < 1.29 is 29.0 Å². The summed E-state index contributed by atoms with van der Waals surface area (Å²) in [5, 5.41) is 9.45. The van der Waals surface area contributed by atoms with Crippen molar-refractivity contribution in [3.63, 3.8) is 0 Å². The van der Waals surface area contributed by atoms with Crippen LogP contribution < -0.4 is 9.47 Å². The van der Waals surface area contributed by atoms with E-state index in [4.69, 9.17) is 26.2 Å². The van der Waals surface area contributed by atoms with E-state index in [1.165, 1.54) is 12.1 Å². The van der Waals surface area contributed by atoms with Gasteiger partial charge in [0.1, 0.15) is 6.61 Å². The first kappa shape index (κ1) is 26.0. The van der Waals surface area contributed by atoms with Gasteiger partial charge in [-0.25, -0.2) is 4.79 Å². The molecule has 0 radical (unpaired) electrons. The van der Waals surface area contributed by atoms with Crippen LogP contribution in [0.3, 0.4) is 0 Å². The highest BCUT2D eigenvalue weighted by molar-refractivity contribution is 6.32. The van der Waals surface area contributed by atoms with Gasteiger partial charge in [-0.2, -0.15) is 0 Å². The molecule has 7 nitrogen and oxygen atoms in total. The number of hydrogen-bond acceptors (Lipinski definition) is 6. The minimum absolute atomic E-state index is 0.0761. The quantitative estimate of drug-likeness (QED) is 0.460. The number of halogens is 1. The van der Waals surface area contributed by atoms with E-state index in [-0.39, 0.29) is 23.7 Å². The summed E-state index contributed by atoms with van der Waals surface area (Å²) >= 11 is 6.78. The molecule has 3 aliphatic rings. The summed E-state index contributed by atoms with van der Waals surface area (Å²) < 4.78 is 12.0. The number of Topliss-reactive ketones (excluding diaryl/α,β-unsaturated/α-hetero) is 2. The number of ketones is 2. The zero-order valence-electron chi connectivity index (χ0n) is 21.5. The molecule has 0 spiro atoms. The van der Waals surface area contributed by atoms with Gasteiger partial charge in [0.25, 0.3) is 0 Å². The predicted octanol–water partition coefficient (Wildman–Crippen LogP) is 6.06. The number of ether oxygens (including phenoxy) is 2. The van der Waals surface area contributed by atoms with Crippen LogP contribution in [0, 0.1) is 0 Å². The van der Waals surface area contributed by atoms with Gasteiger partial charge in [0, 0.05) is 48.3 Å². The number of rotatable bonds is 7. The van der Waals surface area contributed by atoms with Crippen LogP contribution in [0.5, 0.6) is 11.5 Å². The molecular formula is C30H30ClNO6. The number of carbonyl (C=O) groups is 3. The van der Waals surface area contributed by atoms with E-state index >= 15 is 0 Å². The van der Waals surface area contributed by atoms with E-state index in [0.29, 0.717) is 47.1 Å². The number of nitrogens with zero attached hydrogens (tertiary/aromatic N) is 1. The second kappa shape index (κ2) is 10.7. The highest BCUT2D eigenvalue weighted by atomic mass is 35.5. The van der Waals surface area contributed by atoms with Gasteiger partial charge in [-0.05, 0) is 68.0 Å². The van der Waals surface area contributed by atoms with Gasteiger partial charge >= 0.3 is 5.97 Å². The first-order chi connectivity index (χ1) is 18.3. The van der Waals surface area contributed by atoms with Gasteiger partial charge in [0.15, 0.2) is 23.1 Å². The molecule has 1 heterocycles. The van der Waals surface area contributed by atoms with E-state index in [9.17, 15) is 14.4 Å². The van der Waals surface area contributed by atoms with Gasteiger partial charge in [-0.15, -0.1) is 0 Å². The van der Waals surface area contributed by atoms with Gasteiger partial charge in [0.05, 0.1) is 17.2 Å². The van der Waals surface area contributed by atoms with Crippen molar-refractivity contribution >= 4 is 29.1 Å². The first-order valence-corrected chi connectivity index (χ1v) is 13.3. The van der Waals surface area contributed by atoms with Crippen LogP contribution in [0.15, 0.2) is 58.9 Å². The van der Waals surface area contributed by atoms with Crippen LogP contribution in [0.4, 0.5) is 0 Å². The highest BCUT2D eigenvalue weighted by Gasteiger charge is 2.42. The summed E-state index contributed by atoms with van der Waals surface area (Å²) in [6.07, 6.45) is 4.13. The largest absolute Gasteiger partial charge is 0.490 e. The molecule has 2 aliphatic carbocycles. The van der Waals surface area contributed by atoms with Gasteiger partial charge in [-0.1, -0.05) is 23.7 Å². The number of carboxylic acid groups (broad SMARTS) is 1. The zero-order chi connectivity index (χ0) is 27.0. The van der Waals surface area contributed by atoms with Crippen molar-refractivity contribution in [3.05, 3.63) is 80.7 Å². The van der Waals surface area contributed by atoms with E-state index in [1.54, 1.807) is 18.2 Å². The third-order valence-electron chi connectivity index (χ3n) is 7.49. The predicted molar refractivity (Wildman–Crippen MR) is 143 cm³/mol. The third kappa shape index (κ3) is 4.71. The van der Waals surface area contributed by atoms with E-state index in [2.05, 4.69) is 4.90 Å². The van der Waals surface area contributed by atoms with Crippen molar-refractivity contribution in [2.75, 3.05) is 13.7 Å². The van der Waals surface area contributed by atoms with E-state index < -0.39 is 11.9 Å². The molecule has 2 aromatic rings. The summed E-state index contributed by atoms with van der Waals surface area (Å²) in [6, 6.07) is 10.0. The third-order valence-corrected chi connectivity index (χ3v) is 7.77. The fourth-order valence-electron chi connectivity index (χ4n) is 5.74. The maximum absolute atomic E-state index is 13.3. The van der Waals surface area contributed by atoms with Crippen molar-refractivity contribution in [1.82, 2.24) is 4.90 Å². The van der Waals surface area contributed by atoms with E-state index in [0.717, 1.165) is 48.2 Å². The molecule has 0 saturated heterocycles. The Balaban J connectivity index is 1.55. The molecular weight excluding hydrogens is 506 g/mol. The SMILES string of the molecule is CCOc1cc(C2C3=C(CCCC3=O)N(C)C3=C2C(=O)CCC3)cc(Cl)c1OCc1ccc(C(=O)O)cc1. The van der Waals surface area contributed by atoms with Crippen LogP contribution in [0.2, 0.25) is 5.02 Å². The second-order valence-corrected chi connectivity index (χ2v) is 10.2. The second-order valence-electron chi connectivity index (χ2n) is 9.82. The molecule has 1 N–H and O–H groups in total. The van der Waals surface area contributed by atoms with Crippen LogP contribution in [-0.2, 0) is 16.2 Å². The lowest BCUT2D eigenvalue weighted by Crippen LogP contribution is -2.37. The molecule has 38 heavy (non-hydrogen) atoms. The molecule has 198 valence electrons. The lowest BCUT2D eigenvalue weighted by Gasteiger charge is -2.42. The monoisotopic (exact) mass is 535 g/mol. The Hall–Kier alpha value is -3.58. The molecule has 0 amide bonds. The van der Waals surface area contributed by atoms with Crippen molar-refractivity contribution in [2.45, 2.75) is 58.0 Å². The number of allylic oxidation sites excluding steroid dienone is 4. The molecule has 0 unspecified atom stereocenters. The molecule has 0 aromatic heterocycles. The summed E-state index contributed by atoms with van der Waals surface area (Å²) in [6.45, 7) is 2.40. The van der Waals surface area contributed by atoms with Crippen molar-refractivity contribution in [3.8, 4) is 11.5 Å². The van der Waals surface area contributed by atoms with Crippen molar-refractivity contribution in [2.24, 2.45) is 0 Å². The average Bonchev–Trinajstić information content (AvgIpc) is 2.90. The van der Waals surface area contributed by atoms with Crippen LogP contribution in [0.25, 0.3) is 0 Å². The summed E-state index contributed by atoms with van der Waals surface area (Å²) in [5.41, 5.74) is 5.10. The molecule has 0 saturated carbocycles. The standard InChI is InChI=1S/C30H30ClNO6/c1-3-37-25-15-19(14-20(31)29(25)38-16-17-10-12-18(13-11-17)30(35)36)26-27-21(6-4-8-23(27)33)32(2)22-7-5-9-24(34)28(22)26/h10-15,26H,3-9,16H2,1-2H3,(H,35,36). The van der Waals surface area contributed by atoms with Gasteiger partial charge in [0.2, 0.25) is 0 Å². The lowest BCUT2D eigenvalue weighted by molar-refractivity contribution is -0.117. The number of carboxylic acids is 1. The number of carbonyl (C=O) groups excluding carboxylic acids is 2. The summed E-state index contributed by atoms with van der Waals surface area (Å²) in [7, 11) is 1.97. The Kier molecular flexibility index (Phi) is 7.30. The number of hydrogen-bond donors (Lipinski definition) is 1. The van der Waals surface area contributed by atoms with Gasteiger partial charge < -0.3 is 19.5 Å². The molecule has 0 bridgehead atoms. The first-order valence-electron chi connectivity index (χ1n) is 13.0. The highest BCUT2D eigenvalue weighted by Crippen LogP contribution is 2.50. The Bertz CT molecular complexity index is 1330. The van der Waals surface area contributed by atoms with E-state index in [1.807, 2.05) is 20.0 Å². The van der Waals surface area contributed by atoms with Crippen LogP contribution in [-0.4, -0.2) is 41.2 Å². The Labute approximate surface area is 226 Å². The zero-order valence-corrected chi connectivity index (χ0v) is 22.3. The normalized spacial score (nSPS) is 17.9. The lowest BCUT2D eigenvalue weighted by atomic mass is 9.71. The Morgan fingerprint density at radius 3 is 2.13 bits per heavy atom. The Morgan fingerprint density at radius 1 is 0.974 bits per heavy atom. The summed E-state index contributed by atoms with van der Waals surface area (Å²) in [5.74, 6) is -0.522. The minimum atomic E-state index is -0.993. The molecule has 5 rings (SSSR count). The topological polar surface area (TPSA) is 93.1 Å². The number of benzene rings is 2. The molecule has 8 heteroatoms. The fraction of sp³-hybridized carbons (Fsp3) is 0.367. The number of aromatic carboxylic acids is 1. The van der Waals surface area contributed by atoms with Crippen LogP contribution in [0.1, 0.15) is 72.9 Å². The maximum Gasteiger partial charge on any atom is 0.335 e. The molecule has 2 aromatic carbocycles. The minimum Gasteiger partial charge on any atom is -0.490 e. The average molecular weight is 536 g/mol. The van der Waals surface area contributed by atoms with Crippen LogP contribution >= 0.6 is 11.6 Å². The summed E-state index contributed by atoms with van der Waals surface area (Å²) in [4.78, 5) is 39.8. The molecule has 1 aliphatic heterocycles. The van der Waals surface area contributed by atoms with Crippen molar-refractivity contribution in [1.29, 1.82) is 0 Å². The van der Waals surface area contributed by atoms with Gasteiger partial charge in [-0.3, -0.25) is 9.59 Å². The smallest absolute Gasteiger partial charge is 0.335 e. The Morgan fingerprint density at radius 2 is 1.58 bits per heavy atom. The maximum atomic E-state index is 13.3. The molecule has 0 fully saturated rings.